The van der Waals surface area contributed by atoms with Gasteiger partial charge in [-0.3, -0.25) is 0 Å². The van der Waals surface area contributed by atoms with E-state index >= 15 is 0 Å². The monoisotopic (exact) mass is 477 g/mol. The number of hydrogen-bond donors (Lipinski definition) is 0. The molecule has 0 aliphatic carbocycles. The third-order valence-corrected chi connectivity index (χ3v) is 5.21. The molecule has 0 saturated heterocycles. The fraction of sp³-hybridized carbons (Fsp3) is 0.423. The van der Waals surface area contributed by atoms with E-state index in [4.69, 9.17) is 37.5 Å². The Kier molecular flexibility index (Phi) is 9.47. The lowest BCUT2D eigenvalue weighted by Crippen LogP contribution is -2.19. The topological polar surface area (TPSA) is 40.0 Å². The molecule has 174 valence electrons. The molecule has 0 atom stereocenters. The Balaban J connectivity index is 2.02. The summed E-state index contributed by atoms with van der Waals surface area (Å²) in [5.74, 6) is 1.57. The molecule has 0 radical (unpaired) electrons. The Morgan fingerprint density at radius 3 is 1.78 bits per heavy atom. The van der Waals surface area contributed by atoms with Gasteiger partial charge in [-0.15, -0.1) is 0 Å². The van der Waals surface area contributed by atoms with Gasteiger partial charge in [0, 0.05) is 5.41 Å². The summed E-state index contributed by atoms with van der Waals surface area (Å²) in [6.45, 7) is 13.1. The Labute approximate surface area is 202 Å². The molecule has 0 aromatic heterocycles. The maximum atomic E-state index is 5.92. The molecule has 32 heavy (non-hydrogen) atoms. The second kappa shape index (κ2) is 11.6. The number of benzene rings is 2. The number of rotatable bonds is 10. The zero-order valence-corrected chi connectivity index (χ0v) is 21.3. The minimum Gasteiger partial charge on any atom is -0.489 e. The number of hydrogen-bond acceptors (Lipinski definition) is 4. The molecule has 0 bridgehead atoms. The summed E-state index contributed by atoms with van der Waals surface area (Å²) in [4.78, 5) is 5.51. The van der Waals surface area contributed by atoms with E-state index in [0.717, 1.165) is 23.6 Å². The maximum absolute atomic E-state index is 5.92. The van der Waals surface area contributed by atoms with Crippen LogP contribution in [-0.2, 0) is 10.3 Å². The Morgan fingerprint density at radius 2 is 1.34 bits per heavy atom. The zero-order chi connectivity index (χ0) is 23.8. The third-order valence-electron chi connectivity index (χ3n) is 4.90. The summed E-state index contributed by atoms with van der Waals surface area (Å²) < 4.78 is 11.7. The first-order chi connectivity index (χ1) is 15.0. The second-order valence-corrected chi connectivity index (χ2v) is 9.99. The van der Waals surface area contributed by atoms with Gasteiger partial charge in [0.05, 0.1) is 5.71 Å². The number of ether oxygens (including phenoxy) is 2. The first kappa shape index (κ1) is 26.1. The third kappa shape index (κ3) is 8.40. The standard InChI is InChI=1S/C26H33Cl2NO3/c1-7-21(29-32-25(2,3)4)18-31-23-14-10-20(11-15-23)26(5,6)19-8-12-22(13-9-19)30-17-16-24(27)28/h8-16H,7,17-18H2,1-6H3. The van der Waals surface area contributed by atoms with Crippen LogP contribution in [0.15, 0.2) is 64.3 Å². The molecule has 0 amide bonds. The molecule has 0 spiro atoms. The molecule has 0 N–H and O–H groups in total. The molecular formula is C26H33Cl2NO3. The van der Waals surface area contributed by atoms with E-state index in [1.807, 2.05) is 52.0 Å². The van der Waals surface area contributed by atoms with E-state index in [0.29, 0.717) is 13.2 Å². The summed E-state index contributed by atoms with van der Waals surface area (Å²) in [5, 5.41) is 4.22. The first-order valence-electron chi connectivity index (χ1n) is 10.7. The molecule has 0 fully saturated rings. The Bertz CT molecular complexity index is 908. The predicted octanol–water partition coefficient (Wildman–Crippen LogP) is 7.67. The molecule has 2 aromatic rings. The van der Waals surface area contributed by atoms with Crippen LogP contribution in [0.3, 0.4) is 0 Å². The molecule has 2 rings (SSSR count). The van der Waals surface area contributed by atoms with Gasteiger partial charge in [-0.2, -0.15) is 0 Å². The fourth-order valence-corrected chi connectivity index (χ4v) is 2.99. The van der Waals surface area contributed by atoms with Crippen molar-refractivity contribution in [3.8, 4) is 11.5 Å². The molecular weight excluding hydrogens is 445 g/mol. The van der Waals surface area contributed by atoms with E-state index in [2.05, 4.69) is 43.3 Å². The van der Waals surface area contributed by atoms with E-state index in [9.17, 15) is 0 Å². The van der Waals surface area contributed by atoms with Gasteiger partial charge in [0.2, 0.25) is 0 Å². The highest BCUT2D eigenvalue weighted by Crippen LogP contribution is 2.33. The van der Waals surface area contributed by atoms with Crippen LogP contribution in [0.25, 0.3) is 0 Å². The summed E-state index contributed by atoms with van der Waals surface area (Å²) >= 11 is 11.2. The minimum atomic E-state index is -0.313. The van der Waals surface area contributed by atoms with Crippen LogP contribution in [0.4, 0.5) is 0 Å². The average Bonchev–Trinajstić information content (AvgIpc) is 2.73. The van der Waals surface area contributed by atoms with Crippen molar-refractivity contribution in [1.82, 2.24) is 0 Å². The largest absolute Gasteiger partial charge is 0.489 e. The number of halogens is 2. The smallest absolute Gasteiger partial charge is 0.130 e. The van der Waals surface area contributed by atoms with Crippen molar-refractivity contribution in [2.45, 2.75) is 59.0 Å². The Hall–Kier alpha value is -2.17. The number of nitrogens with zero attached hydrogens (tertiary/aromatic N) is 1. The van der Waals surface area contributed by atoms with E-state index in [1.54, 1.807) is 6.08 Å². The van der Waals surface area contributed by atoms with Crippen molar-refractivity contribution in [3.63, 3.8) is 0 Å². The molecule has 0 heterocycles. The highest BCUT2D eigenvalue weighted by atomic mass is 35.5. The van der Waals surface area contributed by atoms with Gasteiger partial charge in [0.25, 0.3) is 0 Å². The predicted molar refractivity (Wildman–Crippen MR) is 134 cm³/mol. The van der Waals surface area contributed by atoms with Gasteiger partial charge in [-0.1, -0.05) is 73.4 Å². The molecule has 6 heteroatoms. The number of oxime groups is 1. The van der Waals surface area contributed by atoms with Gasteiger partial charge >= 0.3 is 0 Å². The van der Waals surface area contributed by atoms with Crippen LogP contribution in [-0.4, -0.2) is 24.5 Å². The molecule has 0 aliphatic rings. The zero-order valence-electron chi connectivity index (χ0n) is 19.7. The van der Waals surface area contributed by atoms with E-state index < -0.39 is 0 Å². The lowest BCUT2D eigenvalue weighted by molar-refractivity contribution is -0.000142. The van der Waals surface area contributed by atoms with E-state index in [-0.39, 0.29) is 15.5 Å². The van der Waals surface area contributed by atoms with Crippen LogP contribution in [0.1, 0.15) is 59.1 Å². The first-order valence-corrected chi connectivity index (χ1v) is 11.5. The van der Waals surface area contributed by atoms with Crippen LogP contribution in [0.2, 0.25) is 0 Å². The molecule has 0 saturated carbocycles. The summed E-state index contributed by atoms with van der Waals surface area (Å²) in [7, 11) is 0. The van der Waals surface area contributed by atoms with Gasteiger partial charge in [-0.25, -0.2) is 0 Å². The van der Waals surface area contributed by atoms with Gasteiger partial charge < -0.3 is 14.3 Å². The van der Waals surface area contributed by atoms with Crippen molar-refractivity contribution >= 4 is 28.9 Å². The van der Waals surface area contributed by atoms with Crippen molar-refractivity contribution in [3.05, 3.63) is 70.2 Å². The highest BCUT2D eigenvalue weighted by molar-refractivity contribution is 6.55. The SMILES string of the molecule is CCC(COc1ccc(C(C)(C)c2ccc(OCC=C(Cl)Cl)cc2)cc1)=NOC(C)(C)C. The second-order valence-electron chi connectivity index (χ2n) is 8.98. The lowest BCUT2D eigenvalue weighted by Gasteiger charge is -2.26. The van der Waals surface area contributed by atoms with Gasteiger partial charge in [0.15, 0.2) is 0 Å². The van der Waals surface area contributed by atoms with Crippen molar-refractivity contribution in [2.24, 2.45) is 5.16 Å². The summed E-state index contributed by atoms with van der Waals surface area (Å²) in [5.41, 5.74) is 2.76. The van der Waals surface area contributed by atoms with Crippen LogP contribution < -0.4 is 9.47 Å². The van der Waals surface area contributed by atoms with Crippen molar-refractivity contribution in [2.75, 3.05) is 13.2 Å². The van der Waals surface area contributed by atoms with E-state index in [1.165, 1.54) is 11.1 Å². The van der Waals surface area contributed by atoms with Gasteiger partial charge in [0.1, 0.15) is 34.8 Å². The van der Waals surface area contributed by atoms with Crippen LogP contribution >= 0.6 is 23.2 Å². The normalized spacial score (nSPS) is 12.3. The fourth-order valence-electron chi connectivity index (χ4n) is 2.86. The van der Waals surface area contributed by atoms with Crippen LogP contribution in [0, 0.1) is 0 Å². The molecule has 4 nitrogen and oxygen atoms in total. The molecule has 2 aromatic carbocycles. The molecule has 0 aliphatic heterocycles. The Morgan fingerprint density at radius 1 is 0.844 bits per heavy atom. The van der Waals surface area contributed by atoms with Crippen LogP contribution in [0.5, 0.6) is 11.5 Å². The average molecular weight is 478 g/mol. The minimum absolute atomic E-state index is 0.174. The maximum Gasteiger partial charge on any atom is 0.130 e. The van der Waals surface area contributed by atoms with Crippen molar-refractivity contribution in [1.29, 1.82) is 0 Å². The summed E-state index contributed by atoms with van der Waals surface area (Å²) in [6.07, 6.45) is 2.38. The quantitative estimate of drug-likeness (QED) is 0.260. The highest BCUT2D eigenvalue weighted by Gasteiger charge is 2.23. The molecule has 0 unspecified atom stereocenters. The van der Waals surface area contributed by atoms with Crippen molar-refractivity contribution < 1.29 is 14.3 Å². The lowest BCUT2D eigenvalue weighted by atomic mass is 9.78. The van der Waals surface area contributed by atoms with Gasteiger partial charge in [-0.05, 0) is 68.7 Å². The summed E-state index contributed by atoms with van der Waals surface area (Å²) in [6, 6.07) is 16.2.